The Hall–Kier alpha value is -4.01. The van der Waals surface area contributed by atoms with E-state index in [0.29, 0.717) is 34.6 Å². The SMILES string of the molecule is Cc1ccc(C#N)cc1Nc1ncc(F)c(-c2cc(C#N)c3c(c2)[C@@](C)(CO)CN3)n1. The Morgan fingerprint density at radius 3 is 2.77 bits per heavy atom. The molecular weight excluding hydrogens is 395 g/mol. The number of nitrogens with one attached hydrogen (secondary N) is 2. The fraction of sp³-hybridized carbons (Fsp3) is 0.217. The topological polar surface area (TPSA) is 118 Å². The summed E-state index contributed by atoms with van der Waals surface area (Å²) >= 11 is 0. The first-order valence-corrected chi connectivity index (χ1v) is 9.62. The van der Waals surface area contributed by atoms with E-state index in [1.54, 1.807) is 30.3 Å². The van der Waals surface area contributed by atoms with Gasteiger partial charge in [0.2, 0.25) is 5.95 Å². The van der Waals surface area contributed by atoms with Crippen LogP contribution in [0.1, 0.15) is 29.2 Å². The van der Waals surface area contributed by atoms with E-state index >= 15 is 0 Å². The molecule has 0 spiro atoms. The zero-order chi connectivity index (χ0) is 22.2. The van der Waals surface area contributed by atoms with Gasteiger partial charge in [-0.25, -0.2) is 14.4 Å². The molecule has 0 fully saturated rings. The number of halogens is 1. The van der Waals surface area contributed by atoms with Crippen molar-refractivity contribution in [3.05, 3.63) is 64.6 Å². The maximum Gasteiger partial charge on any atom is 0.227 e. The third-order valence-corrected chi connectivity index (χ3v) is 5.54. The number of anilines is 3. The van der Waals surface area contributed by atoms with Crippen LogP contribution < -0.4 is 10.6 Å². The predicted octanol–water partition coefficient (Wildman–Crippen LogP) is 3.75. The minimum absolute atomic E-state index is 0.0399. The van der Waals surface area contributed by atoms with Crippen LogP contribution in [0.3, 0.4) is 0 Å². The van der Waals surface area contributed by atoms with E-state index in [0.717, 1.165) is 17.3 Å². The van der Waals surface area contributed by atoms with Gasteiger partial charge < -0.3 is 15.7 Å². The van der Waals surface area contributed by atoms with Crippen LogP contribution in [-0.4, -0.2) is 28.2 Å². The molecule has 2 aromatic carbocycles. The first-order valence-electron chi connectivity index (χ1n) is 9.62. The summed E-state index contributed by atoms with van der Waals surface area (Å²) in [6.45, 7) is 4.11. The molecule has 154 valence electrons. The first-order chi connectivity index (χ1) is 14.9. The van der Waals surface area contributed by atoms with Crippen molar-refractivity contribution >= 4 is 17.3 Å². The molecule has 0 bridgehead atoms. The Morgan fingerprint density at radius 1 is 1.26 bits per heavy atom. The van der Waals surface area contributed by atoms with Gasteiger partial charge in [-0.05, 0) is 42.3 Å². The molecule has 0 saturated carbocycles. The molecule has 1 aliphatic rings. The normalized spacial score (nSPS) is 16.7. The maximum absolute atomic E-state index is 14.7. The Labute approximate surface area is 178 Å². The van der Waals surface area contributed by atoms with Gasteiger partial charge >= 0.3 is 0 Å². The lowest BCUT2D eigenvalue weighted by Crippen LogP contribution is -2.28. The summed E-state index contributed by atoms with van der Waals surface area (Å²) in [6.07, 6.45) is 1.07. The van der Waals surface area contributed by atoms with E-state index in [2.05, 4.69) is 32.7 Å². The van der Waals surface area contributed by atoms with Crippen molar-refractivity contribution in [1.29, 1.82) is 10.5 Å². The van der Waals surface area contributed by atoms with Gasteiger partial charge in [0, 0.05) is 23.2 Å². The lowest BCUT2D eigenvalue weighted by molar-refractivity contribution is 0.219. The highest BCUT2D eigenvalue weighted by molar-refractivity contribution is 5.77. The van der Waals surface area contributed by atoms with Gasteiger partial charge in [0.1, 0.15) is 11.8 Å². The smallest absolute Gasteiger partial charge is 0.227 e. The predicted molar refractivity (Wildman–Crippen MR) is 114 cm³/mol. The molecule has 1 aromatic heterocycles. The Kier molecular flexibility index (Phi) is 5.02. The average molecular weight is 414 g/mol. The average Bonchev–Trinajstić information content (AvgIpc) is 3.13. The third-order valence-electron chi connectivity index (χ3n) is 5.54. The maximum atomic E-state index is 14.7. The van der Waals surface area contributed by atoms with E-state index in [4.69, 9.17) is 5.26 Å². The molecule has 8 heteroatoms. The fourth-order valence-corrected chi connectivity index (χ4v) is 3.63. The molecule has 7 nitrogen and oxygen atoms in total. The van der Waals surface area contributed by atoms with E-state index in [-0.39, 0.29) is 18.2 Å². The molecule has 3 aromatic rings. The molecule has 0 aliphatic carbocycles. The molecule has 0 radical (unpaired) electrons. The zero-order valence-corrected chi connectivity index (χ0v) is 17.0. The summed E-state index contributed by atoms with van der Waals surface area (Å²) in [5.74, 6) is -0.467. The van der Waals surface area contributed by atoms with Crippen molar-refractivity contribution in [3.63, 3.8) is 0 Å². The summed E-state index contributed by atoms with van der Waals surface area (Å²) in [5, 5.41) is 34.8. The van der Waals surface area contributed by atoms with Gasteiger partial charge in [-0.2, -0.15) is 10.5 Å². The van der Waals surface area contributed by atoms with Crippen molar-refractivity contribution in [1.82, 2.24) is 9.97 Å². The minimum atomic E-state index is -0.631. The number of aromatic nitrogens is 2. The number of nitriles is 2. The van der Waals surface area contributed by atoms with Gasteiger partial charge in [-0.1, -0.05) is 13.0 Å². The second-order valence-electron chi connectivity index (χ2n) is 7.79. The van der Waals surface area contributed by atoms with Gasteiger partial charge in [0.25, 0.3) is 0 Å². The largest absolute Gasteiger partial charge is 0.395 e. The van der Waals surface area contributed by atoms with Crippen LogP contribution >= 0.6 is 0 Å². The number of benzene rings is 2. The van der Waals surface area contributed by atoms with Gasteiger partial charge in [0.15, 0.2) is 5.82 Å². The summed E-state index contributed by atoms with van der Waals surface area (Å²) in [6, 6.07) is 12.7. The van der Waals surface area contributed by atoms with Gasteiger partial charge in [-0.3, -0.25) is 0 Å². The number of hydrogen-bond acceptors (Lipinski definition) is 7. The summed E-state index contributed by atoms with van der Waals surface area (Å²) in [5.41, 5.74) is 3.62. The van der Waals surface area contributed by atoms with E-state index in [1.807, 2.05) is 13.8 Å². The van der Waals surface area contributed by atoms with E-state index in [9.17, 15) is 14.8 Å². The molecule has 1 aliphatic heterocycles. The van der Waals surface area contributed by atoms with Crippen LogP contribution in [0.15, 0.2) is 36.5 Å². The van der Waals surface area contributed by atoms with Gasteiger partial charge in [-0.15, -0.1) is 0 Å². The number of aryl methyl sites for hydroxylation is 1. The van der Waals surface area contributed by atoms with Crippen LogP contribution in [0.2, 0.25) is 0 Å². The molecule has 0 amide bonds. The molecular formula is C23H19FN6O. The number of hydrogen-bond donors (Lipinski definition) is 3. The Balaban J connectivity index is 1.80. The van der Waals surface area contributed by atoms with Crippen LogP contribution in [0, 0.1) is 35.4 Å². The molecule has 0 saturated heterocycles. The highest BCUT2D eigenvalue weighted by Crippen LogP contribution is 2.41. The second-order valence-corrected chi connectivity index (χ2v) is 7.79. The Morgan fingerprint density at radius 2 is 2.06 bits per heavy atom. The number of aliphatic hydroxyl groups is 1. The van der Waals surface area contributed by atoms with Crippen molar-refractivity contribution in [2.24, 2.45) is 0 Å². The highest BCUT2D eigenvalue weighted by Gasteiger charge is 2.36. The third kappa shape index (κ3) is 3.54. The van der Waals surface area contributed by atoms with Crippen molar-refractivity contribution in [2.45, 2.75) is 19.3 Å². The van der Waals surface area contributed by atoms with Crippen LogP contribution in [0.5, 0.6) is 0 Å². The lowest BCUT2D eigenvalue weighted by atomic mass is 9.83. The molecule has 1 atom stereocenters. The zero-order valence-electron chi connectivity index (χ0n) is 17.0. The van der Waals surface area contributed by atoms with E-state index < -0.39 is 11.2 Å². The number of nitrogens with zero attached hydrogens (tertiary/aromatic N) is 4. The van der Waals surface area contributed by atoms with E-state index in [1.165, 1.54) is 0 Å². The van der Waals surface area contributed by atoms with Crippen molar-refractivity contribution in [3.8, 4) is 23.4 Å². The summed E-state index contributed by atoms with van der Waals surface area (Å²) in [7, 11) is 0. The lowest BCUT2D eigenvalue weighted by Gasteiger charge is -2.21. The molecule has 0 unspecified atom stereocenters. The fourth-order valence-electron chi connectivity index (χ4n) is 3.63. The summed E-state index contributed by atoms with van der Waals surface area (Å²) < 4.78 is 14.7. The standard InChI is InChI=1S/C23H19FN6O/c1-13-3-4-14(8-25)5-19(13)29-22-27-10-18(24)21(30-22)15-6-16(9-26)20-17(7-15)23(2,12-31)11-28-20/h3-7,10,28,31H,11-12H2,1-2H3,(H,27,29,30)/t23-/m1/s1. The van der Waals surface area contributed by atoms with Crippen LogP contribution in [0.25, 0.3) is 11.3 Å². The van der Waals surface area contributed by atoms with Gasteiger partial charge in [0.05, 0.1) is 35.7 Å². The first kappa shape index (κ1) is 20.3. The van der Waals surface area contributed by atoms with Crippen LogP contribution in [-0.2, 0) is 5.41 Å². The Bertz CT molecular complexity index is 1280. The minimum Gasteiger partial charge on any atom is -0.395 e. The number of aliphatic hydroxyl groups excluding tert-OH is 1. The van der Waals surface area contributed by atoms with Crippen molar-refractivity contribution < 1.29 is 9.50 Å². The molecule has 31 heavy (non-hydrogen) atoms. The molecule has 4 rings (SSSR count). The monoisotopic (exact) mass is 414 g/mol. The quantitative estimate of drug-likeness (QED) is 0.595. The van der Waals surface area contributed by atoms with Crippen LogP contribution in [0.4, 0.5) is 21.7 Å². The second kappa shape index (κ2) is 7.67. The number of rotatable bonds is 4. The molecule has 3 N–H and O–H groups in total. The van der Waals surface area contributed by atoms with Crippen molar-refractivity contribution in [2.75, 3.05) is 23.8 Å². The highest BCUT2D eigenvalue weighted by atomic mass is 19.1. The molecule has 2 heterocycles. The summed E-state index contributed by atoms with van der Waals surface area (Å²) in [4.78, 5) is 8.36. The number of fused-ring (bicyclic) bond motifs is 1.